The predicted octanol–water partition coefficient (Wildman–Crippen LogP) is 1.19. The summed E-state index contributed by atoms with van der Waals surface area (Å²) in [7, 11) is 0. The van der Waals surface area contributed by atoms with Gasteiger partial charge in [-0.3, -0.25) is 9.59 Å². The molecule has 1 N–H and O–H groups in total. The number of carboxylic acid groups (broad SMARTS) is 1. The van der Waals surface area contributed by atoms with Crippen LogP contribution in [0, 0.1) is 6.92 Å². The molecule has 0 radical (unpaired) electrons. The Bertz CT molecular complexity index is 688. The minimum Gasteiger partial charge on any atom is -0.482 e. The second-order valence-electron chi connectivity index (χ2n) is 6.14. The molecule has 24 heavy (non-hydrogen) atoms. The fourth-order valence-corrected chi connectivity index (χ4v) is 3.23. The van der Waals surface area contributed by atoms with Crippen molar-refractivity contribution in [2.24, 2.45) is 0 Å². The van der Waals surface area contributed by atoms with E-state index in [0.717, 1.165) is 5.56 Å². The molecule has 3 rings (SSSR count). The lowest BCUT2D eigenvalue weighted by Crippen LogP contribution is -2.44. The molecule has 2 heterocycles. The number of carbonyl (C=O) groups excluding carboxylic acids is 2. The molecule has 1 fully saturated rings. The molecule has 2 amide bonds. The predicted molar refractivity (Wildman–Crippen MR) is 86.0 cm³/mol. The van der Waals surface area contributed by atoms with Crippen LogP contribution in [0.25, 0.3) is 0 Å². The summed E-state index contributed by atoms with van der Waals surface area (Å²) in [6.45, 7) is 2.55. The number of likely N-dealkylation sites (tertiary alicyclic amines) is 1. The Morgan fingerprint density at radius 3 is 2.92 bits per heavy atom. The zero-order valence-electron chi connectivity index (χ0n) is 13.5. The van der Waals surface area contributed by atoms with Gasteiger partial charge in [0.25, 0.3) is 5.91 Å². The van der Waals surface area contributed by atoms with Crippen LogP contribution in [0.15, 0.2) is 18.2 Å². The molecule has 1 atom stereocenters. The van der Waals surface area contributed by atoms with E-state index in [1.165, 1.54) is 4.90 Å². The Balaban J connectivity index is 1.70. The van der Waals surface area contributed by atoms with Crippen molar-refractivity contribution in [3.63, 3.8) is 0 Å². The fourth-order valence-electron chi connectivity index (χ4n) is 3.23. The van der Waals surface area contributed by atoms with Gasteiger partial charge < -0.3 is 19.6 Å². The normalized spacial score (nSPS) is 19.9. The Morgan fingerprint density at radius 2 is 2.17 bits per heavy atom. The molecule has 7 nitrogen and oxygen atoms in total. The first-order valence-corrected chi connectivity index (χ1v) is 8.03. The van der Waals surface area contributed by atoms with E-state index in [1.807, 2.05) is 25.1 Å². The molecule has 1 aromatic carbocycles. The van der Waals surface area contributed by atoms with Gasteiger partial charge in [-0.2, -0.15) is 0 Å². The molecular formula is C17H20N2O5. The van der Waals surface area contributed by atoms with Crippen molar-refractivity contribution in [3.8, 4) is 5.75 Å². The number of hydrogen-bond donors (Lipinski definition) is 1. The number of rotatable bonds is 4. The number of benzene rings is 1. The van der Waals surface area contributed by atoms with Crippen LogP contribution >= 0.6 is 0 Å². The maximum absolute atomic E-state index is 12.4. The van der Waals surface area contributed by atoms with Gasteiger partial charge in [0.15, 0.2) is 6.61 Å². The molecule has 0 spiro atoms. The third kappa shape index (κ3) is 3.06. The van der Waals surface area contributed by atoms with Gasteiger partial charge in [0.05, 0.1) is 5.69 Å². The van der Waals surface area contributed by atoms with Crippen LogP contribution in [-0.4, -0.2) is 53.5 Å². The first-order chi connectivity index (χ1) is 11.5. The minimum absolute atomic E-state index is 0.0499. The van der Waals surface area contributed by atoms with Crippen molar-refractivity contribution in [1.82, 2.24) is 4.90 Å². The number of carbonyl (C=O) groups is 3. The van der Waals surface area contributed by atoms with Crippen molar-refractivity contribution in [2.45, 2.75) is 32.2 Å². The topological polar surface area (TPSA) is 87.2 Å². The van der Waals surface area contributed by atoms with Gasteiger partial charge in [-0.05, 0) is 37.5 Å². The lowest BCUT2D eigenvalue weighted by Gasteiger charge is -2.30. The van der Waals surface area contributed by atoms with E-state index in [2.05, 4.69) is 0 Å². The third-order valence-corrected chi connectivity index (χ3v) is 4.46. The molecule has 7 heteroatoms. The maximum Gasteiger partial charge on any atom is 0.326 e. The molecule has 2 aliphatic heterocycles. The first-order valence-electron chi connectivity index (χ1n) is 8.03. The molecule has 0 aliphatic carbocycles. The van der Waals surface area contributed by atoms with Crippen LogP contribution in [0.3, 0.4) is 0 Å². The number of carboxylic acids is 1. The summed E-state index contributed by atoms with van der Waals surface area (Å²) in [5, 5.41) is 9.18. The Labute approximate surface area is 139 Å². The van der Waals surface area contributed by atoms with Crippen molar-refractivity contribution < 1.29 is 24.2 Å². The van der Waals surface area contributed by atoms with Gasteiger partial charge in [-0.15, -0.1) is 0 Å². The van der Waals surface area contributed by atoms with E-state index < -0.39 is 12.0 Å². The Kier molecular flexibility index (Phi) is 4.42. The number of anilines is 1. The van der Waals surface area contributed by atoms with Crippen LogP contribution in [0.4, 0.5) is 5.69 Å². The molecule has 0 bridgehead atoms. The SMILES string of the molecule is Cc1ccc2c(c1)N(CCC(=O)N1CCCC1C(=O)O)C(=O)CO2. The van der Waals surface area contributed by atoms with E-state index in [-0.39, 0.29) is 31.4 Å². The highest BCUT2D eigenvalue weighted by Gasteiger charge is 2.34. The maximum atomic E-state index is 12.4. The molecule has 1 aromatic rings. The lowest BCUT2D eigenvalue weighted by molar-refractivity contribution is -0.148. The van der Waals surface area contributed by atoms with Gasteiger partial charge >= 0.3 is 5.97 Å². The molecule has 0 aromatic heterocycles. The summed E-state index contributed by atoms with van der Waals surface area (Å²) in [4.78, 5) is 38.7. The number of nitrogens with zero attached hydrogens (tertiary/aromatic N) is 2. The number of hydrogen-bond acceptors (Lipinski definition) is 4. The monoisotopic (exact) mass is 332 g/mol. The zero-order chi connectivity index (χ0) is 17.3. The van der Waals surface area contributed by atoms with Crippen LogP contribution in [0.1, 0.15) is 24.8 Å². The molecule has 1 saturated heterocycles. The standard InChI is InChI=1S/C17H20N2O5/c1-11-4-5-14-13(9-11)19(16(21)10-24-14)8-6-15(20)18-7-2-3-12(18)17(22)23/h4-5,9,12H,2-3,6-8,10H2,1H3,(H,22,23). The number of fused-ring (bicyclic) bond motifs is 1. The average Bonchev–Trinajstić information content (AvgIpc) is 3.03. The van der Waals surface area contributed by atoms with Crippen LogP contribution < -0.4 is 9.64 Å². The summed E-state index contributed by atoms with van der Waals surface area (Å²) < 4.78 is 5.41. The van der Waals surface area contributed by atoms with Crippen LogP contribution in [-0.2, 0) is 14.4 Å². The lowest BCUT2D eigenvalue weighted by atomic mass is 10.1. The molecule has 128 valence electrons. The van der Waals surface area contributed by atoms with E-state index in [4.69, 9.17) is 4.74 Å². The van der Waals surface area contributed by atoms with E-state index in [1.54, 1.807) is 4.90 Å². The van der Waals surface area contributed by atoms with Gasteiger partial charge in [0, 0.05) is 19.5 Å². The van der Waals surface area contributed by atoms with Gasteiger partial charge in [-0.25, -0.2) is 4.79 Å². The molecule has 0 saturated carbocycles. The first kappa shape index (κ1) is 16.3. The van der Waals surface area contributed by atoms with Crippen LogP contribution in [0.5, 0.6) is 5.75 Å². The smallest absolute Gasteiger partial charge is 0.326 e. The summed E-state index contributed by atoms with van der Waals surface area (Å²) in [5.41, 5.74) is 1.66. The third-order valence-electron chi connectivity index (χ3n) is 4.46. The van der Waals surface area contributed by atoms with E-state index in [9.17, 15) is 19.5 Å². The Hall–Kier alpha value is -2.57. The highest BCUT2D eigenvalue weighted by Crippen LogP contribution is 2.33. The number of aliphatic carboxylic acids is 1. The van der Waals surface area contributed by atoms with E-state index >= 15 is 0 Å². The molecule has 1 unspecified atom stereocenters. The summed E-state index contributed by atoms with van der Waals surface area (Å²) in [6.07, 6.45) is 1.28. The van der Waals surface area contributed by atoms with Gasteiger partial charge in [0.1, 0.15) is 11.8 Å². The summed E-state index contributed by atoms with van der Waals surface area (Å²) in [5.74, 6) is -0.771. The highest BCUT2D eigenvalue weighted by molar-refractivity contribution is 5.98. The number of ether oxygens (including phenoxy) is 1. The quantitative estimate of drug-likeness (QED) is 0.895. The molecular weight excluding hydrogens is 312 g/mol. The van der Waals surface area contributed by atoms with Crippen molar-refractivity contribution in [2.75, 3.05) is 24.6 Å². The average molecular weight is 332 g/mol. The van der Waals surface area contributed by atoms with Crippen molar-refractivity contribution in [1.29, 1.82) is 0 Å². The second-order valence-corrected chi connectivity index (χ2v) is 6.14. The van der Waals surface area contributed by atoms with Crippen molar-refractivity contribution in [3.05, 3.63) is 23.8 Å². The second kappa shape index (κ2) is 6.51. The Morgan fingerprint density at radius 1 is 1.38 bits per heavy atom. The largest absolute Gasteiger partial charge is 0.482 e. The fraction of sp³-hybridized carbons (Fsp3) is 0.471. The minimum atomic E-state index is -0.968. The van der Waals surface area contributed by atoms with E-state index in [0.29, 0.717) is 30.8 Å². The van der Waals surface area contributed by atoms with Gasteiger partial charge in [0.2, 0.25) is 5.91 Å². The van der Waals surface area contributed by atoms with Crippen LogP contribution in [0.2, 0.25) is 0 Å². The highest BCUT2D eigenvalue weighted by atomic mass is 16.5. The number of aryl methyl sites for hydroxylation is 1. The molecule has 2 aliphatic rings. The summed E-state index contributed by atoms with van der Waals surface area (Å²) >= 11 is 0. The number of amides is 2. The van der Waals surface area contributed by atoms with Crippen molar-refractivity contribution >= 4 is 23.5 Å². The van der Waals surface area contributed by atoms with Gasteiger partial charge in [-0.1, -0.05) is 6.07 Å². The zero-order valence-corrected chi connectivity index (χ0v) is 13.5. The summed E-state index contributed by atoms with van der Waals surface area (Å²) in [6, 6.07) is 4.83.